The fourth-order valence-electron chi connectivity index (χ4n) is 4.14. The molecule has 0 aromatic heterocycles. The van der Waals surface area contributed by atoms with Gasteiger partial charge in [-0.15, -0.1) is 0 Å². The van der Waals surface area contributed by atoms with Crippen LogP contribution in [0.3, 0.4) is 0 Å². The molecule has 2 N–H and O–H groups in total. The number of hydrogen-bond donors (Lipinski definition) is 2. The molecule has 1 aliphatic heterocycles. The van der Waals surface area contributed by atoms with Gasteiger partial charge in [0.1, 0.15) is 6.10 Å². The number of carbonyl (C=O) groups is 1. The molecule has 19 heavy (non-hydrogen) atoms. The molecule has 0 aromatic carbocycles. The summed E-state index contributed by atoms with van der Waals surface area (Å²) in [5.74, 6) is -0.285. The number of rotatable bonds is 0. The highest BCUT2D eigenvalue weighted by atomic mass is 16.6. The standard InChI is InChI=1S/C15H22O4/c1-8-9-6-11-14(2,7-10(9)19-13(8)17)12(16)4-5-15(11,3)18/h6,8-10,12,16,18H,4-5,7H2,1-3H3. The zero-order valence-electron chi connectivity index (χ0n) is 11.7. The number of fused-ring (bicyclic) bond motifs is 2. The van der Waals surface area contributed by atoms with Crippen molar-refractivity contribution < 1.29 is 19.7 Å². The molecule has 1 saturated carbocycles. The lowest BCUT2D eigenvalue weighted by Gasteiger charge is -2.51. The van der Waals surface area contributed by atoms with Crippen molar-refractivity contribution in [2.75, 3.05) is 0 Å². The van der Waals surface area contributed by atoms with Gasteiger partial charge in [0.25, 0.3) is 0 Å². The minimum Gasteiger partial charge on any atom is -0.461 e. The predicted molar refractivity (Wildman–Crippen MR) is 69.2 cm³/mol. The van der Waals surface area contributed by atoms with E-state index in [1.165, 1.54) is 0 Å². The highest BCUT2D eigenvalue weighted by molar-refractivity contribution is 5.75. The number of esters is 1. The van der Waals surface area contributed by atoms with Gasteiger partial charge in [-0.25, -0.2) is 0 Å². The summed E-state index contributed by atoms with van der Waals surface area (Å²) in [7, 11) is 0. The molecule has 2 aliphatic carbocycles. The molecule has 4 heteroatoms. The van der Waals surface area contributed by atoms with Gasteiger partial charge in [0, 0.05) is 11.3 Å². The molecule has 0 bridgehead atoms. The third-order valence-electron chi connectivity index (χ3n) is 5.47. The summed E-state index contributed by atoms with van der Waals surface area (Å²) in [5.41, 5.74) is -0.470. The summed E-state index contributed by atoms with van der Waals surface area (Å²) < 4.78 is 5.43. The van der Waals surface area contributed by atoms with Crippen molar-refractivity contribution in [3.05, 3.63) is 11.6 Å². The van der Waals surface area contributed by atoms with Crippen molar-refractivity contribution in [1.29, 1.82) is 0 Å². The fourth-order valence-corrected chi connectivity index (χ4v) is 4.14. The molecule has 4 nitrogen and oxygen atoms in total. The summed E-state index contributed by atoms with van der Waals surface area (Å²) in [6.07, 6.45) is 3.13. The molecule has 3 rings (SSSR count). The van der Waals surface area contributed by atoms with Crippen molar-refractivity contribution in [2.45, 2.75) is 57.8 Å². The highest BCUT2D eigenvalue weighted by Crippen LogP contribution is 2.55. The summed E-state index contributed by atoms with van der Waals surface area (Å²) >= 11 is 0. The number of aliphatic hydroxyl groups excluding tert-OH is 1. The zero-order valence-corrected chi connectivity index (χ0v) is 11.7. The van der Waals surface area contributed by atoms with Crippen molar-refractivity contribution in [3.8, 4) is 0 Å². The zero-order chi connectivity index (χ0) is 14.0. The molecule has 0 amide bonds. The topological polar surface area (TPSA) is 66.8 Å². The molecule has 1 saturated heterocycles. The van der Waals surface area contributed by atoms with E-state index in [0.717, 1.165) is 5.57 Å². The Hall–Kier alpha value is -0.870. The first-order valence-electron chi connectivity index (χ1n) is 7.09. The maximum absolute atomic E-state index is 11.7. The number of aliphatic hydroxyl groups is 2. The second-order valence-electron chi connectivity index (χ2n) is 6.87. The SMILES string of the molecule is CC1C(=O)OC2CC3(C)C(=CC21)C(C)(O)CCC3O. The maximum atomic E-state index is 11.7. The Kier molecular flexibility index (Phi) is 2.64. The molecule has 6 unspecified atom stereocenters. The fraction of sp³-hybridized carbons (Fsp3) is 0.800. The van der Waals surface area contributed by atoms with Crippen LogP contribution in [0.25, 0.3) is 0 Å². The van der Waals surface area contributed by atoms with Crippen LogP contribution in [0.2, 0.25) is 0 Å². The van der Waals surface area contributed by atoms with Crippen LogP contribution in [-0.2, 0) is 9.53 Å². The van der Waals surface area contributed by atoms with Crippen LogP contribution in [0, 0.1) is 17.3 Å². The Morgan fingerprint density at radius 2 is 2.11 bits per heavy atom. The van der Waals surface area contributed by atoms with E-state index in [1.807, 2.05) is 26.8 Å². The third-order valence-corrected chi connectivity index (χ3v) is 5.47. The normalized spacial score (nSPS) is 53.1. The Balaban J connectivity index is 2.06. The molecular weight excluding hydrogens is 244 g/mol. The lowest BCUT2D eigenvalue weighted by molar-refractivity contribution is -0.146. The van der Waals surface area contributed by atoms with E-state index in [0.29, 0.717) is 19.3 Å². The van der Waals surface area contributed by atoms with E-state index in [9.17, 15) is 15.0 Å². The highest BCUT2D eigenvalue weighted by Gasteiger charge is 2.56. The molecule has 1 heterocycles. The van der Waals surface area contributed by atoms with E-state index >= 15 is 0 Å². The maximum Gasteiger partial charge on any atom is 0.309 e. The van der Waals surface area contributed by atoms with Gasteiger partial charge in [-0.1, -0.05) is 19.9 Å². The molecule has 0 radical (unpaired) electrons. The van der Waals surface area contributed by atoms with Gasteiger partial charge < -0.3 is 14.9 Å². The molecule has 3 aliphatic rings. The van der Waals surface area contributed by atoms with Gasteiger partial charge in [0.15, 0.2) is 0 Å². The Morgan fingerprint density at radius 3 is 2.79 bits per heavy atom. The van der Waals surface area contributed by atoms with Crippen LogP contribution in [0.4, 0.5) is 0 Å². The number of carbonyl (C=O) groups excluding carboxylic acids is 1. The van der Waals surface area contributed by atoms with Crippen LogP contribution in [0.1, 0.15) is 40.0 Å². The molecule has 0 aromatic rings. The Morgan fingerprint density at radius 1 is 1.42 bits per heavy atom. The van der Waals surface area contributed by atoms with E-state index in [1.54, 1.807) is 0 Å². The summed E-state index contributed by atoms with van der Waals surface area (Å²) in [6.45, 7) is 5.66. The molecular formula is C15H22O4. The lowest BCUT2D eigenvalue weighted by atomic mass is 9.57. The minimum absolute atomic E-state index is 0.0346. The van der Waals surface area contributed by atoms with Gasteiger partial charge in [-0.3, -0.25) is 4.79 Å². The smallest absolute Gasteiger partial charge is 0.309 e. The van der Waals surface area contributed by atoms with Crippen LogP contribution in [-0.4, -0.2) is 34.0 Å². The van der Waals surface area contributed by atoms with Crippen LogP contribution in [0.5, 0.6) is 0 Å². The van der Waals surface area contributed by atoms with Crippen molar-refractivity contribution in [2.24, 2.45) is 17.3 Å². The van der Waals surface area contributed by atoms with Crippen LogP contribution in [0.15, 0.2) is 11.6 Å². The van der Waals surface area contributed by atoms with Gasteiger partial charge in [-0.05, 0) is 31.8 Å². The lowest BCUT2D eigenvalue weighted by Crippen LogP contribution is -2.53. The molecule has 2 fully saturated rings. The van der Waals surface area contributed by atoms with Gasteiger partial charge in [0.05, 0.1) is 17.6 Å². The summed E-state index contributed by atoms with van der Waals surface area (Å²) in [6, 6.07) is 0. The number of hydrogen-bond acceptors (Lipinski definition) is 4. The number of ether oxygens (including phenoxy) is 1. The van der Waals surface area contributed by atoms with Gasteiger partial charge in [0.2, 0.25) is 0 Å². The van der Waals surface area contributed by atoms with E-state index in [2.05, 4.69) is 0 Å². The van der Waals surface area contributed by atoms with Crippen LogP contribution >= 0.6 is 0 Å². The van der Waals surface area contributed by atoms with Gasteiger partial charge in [-0.2, -0.15) is 0 Å². The van der Waals surface area contributed by atoms with Crippen molar-refractivity contribution >= 4 is 5.97 Å². The summed E-state index contributed by atoms with van der Waals surface area (Å²) in [5, 5.41) is 21.0. The molecule has 106 valence electrons. The predicted octanol–water partition coefficient (Wildman–Crippen LogP) is 1.41. The van der Waals surface area contributed by atoms with E-state index in [4.69, 9.17) is 4.74 Å². The average molecular weight is 266 g/mol. The van der Waals surface area contributed by atoms with Crippen molar-refractivity contribution in [1.82, 2.24) is 0 Å². The largest absolute Gasteiger partial charge is 0.461 e. The van der Waals surface area contributed by atoms with E-state index < -0.39 is 17.1 Å². The third kappa shape index (κ3) is 1.69. The second kappa shape index (κ2) is 3.83. The quantitative estimate of drug-likeness (QED) is 0.514. The minimum atomic E-state index is -0.885. The molecule has 6 atom stereocenters. The average Bonchev–Trinajstić information content (AvgIpc) is 2.59. The Bertz CT molecular complexity index is 453. The van der Waals surface area contributed by atoms with E-state index in [-0.39, 0.29) is 23.9 Å². The van der Waals surface area contributed by atoms with Gasteiger partial charge >= 0.3 is 5.97 Å². The Labute approximate surface area is 113 Å². The van der Waals surface area contributed by atoms with Crippen molar-refractivity contribution in [3.63, 3.8) is 0 Å². The monoisotopic (exact) mass is 266 g/mol. The van der Waals surface area contributed by atoms with Crippen LogP contribution < -0.4 is 0 Å². The summed E-state index contributed by atoms with van der Waals surface area (Å²) in [4.78, 5) is 11.7. The second-order valence-corrected chi connectivity index (χ2v) is 6.87. The molecule has 0 spiro atoms. The first kappa shape index (κ1) is 13.1. The first-order valence-corrected chi connectivity index (χ1v) is 7.09. The first-order chi connectivity index (χ1) is 8.75.